The van der Waals surface area contributed by atoms with Crippen LogP contribution < -0.4 is 10.9 Å². The summed E-state index contributed by atoms with van der Waals surface area (Å²) in [5.41, 5.74) is 4.38. The van der Waals surface area contributed by atoms with Crippen molar-refractivity contribution < 1.29 is 4.57 Å². The van der Waals surface area contributed by atoms with Crippen LogP contribution in [-0.4, -0.2) is 10.4 Å². The molecule has 34 valence electrons. The molecule has 5 heteroatoms. The standard InChI is InChI=1S/H4NOP.H5NSi/c1-3-2;1-2/h3H2,(H2,1,2);1H2,2H3. The summed E-state index contributed by atoms with van der Waals surface area (Å²) in [6, 6.07) is 0. The summed E-state index contributed by atoms with van der Waals surface area (Å²) < 4.78 is 8.79. The highest BCUT2D eigenvalue weighted by molar-refractivity contribution is 7.20. The highest BCUT2D eigenvalue weighted by Gasteiger charge is 1.16. The molecule has 3 nitrogen and oxygen atoms in total. The van der Waals surface area contributed by atoms with E-state index in [0.717, 1.165) is 10.4 Å². The fourth-order valence-electron chi connectivity index (χ4n) is 0. The van der Waals surface area contributed by atoms with Crippen molar-refractivity contribution in [2.45, 2.75) is 0 Å². The Bertz CT molecular complexity index is 17.1. The second kappa shape index (κ2) is 26.5. The first kappa shape index (κ1) is 9.03. The van der Waals surface area contributed by atoms with Gasteiger partial charge in [-0.25, -0.2) is 0 Å². The summed E-state index contributed by atoms with van der Waals surface area (Å²) in [5, 5.41) is 4.64. The van der Waals surface area contributed by atoms with Crippen LogP contribution in [0.3, 0.4) is 0 Å². The van der Waals surface area contributed by atoms with Crippen molar-refractivity contribution in [3.63, 3.8) is 0 Å². The molecule has 4 N–H and O–H groups in total. The fourth-order valence-corrected chi connectivity index (χ4v) is 0. The van der Waals surface area contributed by atoms with E-state index in [0.29, 0.717) is 0 Å². The third-order valence-electron chi connectivity index (χ3n) is 0. The summed E-state index contributed by atoms with van der Waals surface area (Å²) in [6.07, 6.45) is 0. The van der Waals surface area contributed by atoms with Crippen LogP contribution in [0, 0.1) is 0 Å². The van der Waals surface area contributed by atoms with Crippen LogP contribution in [0.25, 0.3) is 0 Å². The average molecular weight is 112 g/mol. The molecule has 1 unspecified atom stereocenters. The molecule has 0 aliphatic heterocycles. The topological polar surface area (TPSA) is 69.1 Å². The average Bonchev–Trinajstić information content (AvgIpc) is 1.46. The van der Waals surface area contributed by atoms with Gasteiger partial charge in [0, 0.05) is 0 Å². The molecule has 0 fully saturated rings. The molecule has 0 aliphatic rings. The summed E-state index contributed by atoms with van der Waals surface area (Å²) in [4.78, 5) is 0. The Morgan fingerprint density at radius 1 is 1.60 bits per heavy atom. The van der Waals surface area contributed by atoms with E-state index in [1.165, 1.54) is 0 Å². The highest BCUT2D eigenvalue weighted by atomic mass is 31.1. The monoisotopic (exact) mass is 112 g/mol. The van der Waals surface area contributed by atoms with Gasteiger partial charge in [-0.3, -0.25) is 5.50 Å². The number of hydrogen-bond acceptors (Lipinski definition) is 2. The van der Waals surface area contributed by atoms with E-state index in [1.807, 2.05) is 0 Å². The zero-order valence-electron chi connectivity index (χ0n) is 3.14. The van der Waals surface area contributed by atoms with Crippen molar-refractivity contribution in [2.24, 2.45) is 10.9 Å². The smallest absolute Gasteiger partial charge is 0.121 e. The van der Waals surface area contributed by atoms with E-state index in [4.69, 9.17) is 4.57 Å². The van der Waals surface area contributed by atoms with Gasteiger partial charge in [-0.1, -0.05) is 0 Å². The second-order valence-corrected chi connectivity index (χ2v) is 0.408. The van der Waals surface area contributed by atoms with E-state index in [1.54, 1.807) is 0 Å². The van der Waals surface area contributed by atoms with Gasteiger partial charge in [-0.15, -0.1) is 0 Å². The van der Waals surface area contributed by atoms with Crippen LogP contribution in [0.15, 0.2) is 0 Å². The van der Waals surface area contributed by atoms with Crippen LogP contribution in [0.5, 0.6) is 0 Å². The predicted molar refractivity (Wildman–Crippen MR) is 28.7 cm³/mol. The van der Waals surface area contributed by atoms with Crippen LogP contribution in [-0.2, 0) is 4.57 Å². The maximum atomic E-state index is 8.79. The largest absolute Gasteiger partial charge is 0.358 e. The second-order valence-electron chi connectivity index (χ2n) is 0.136. The van der Waals surface area contributed by atoms with E-state index < -0.39 is 8.61 Å². The first-order valence-electron chi connectivity index (χ1n) is 1.15. The number of rotatable bonds is 0. The Morgan fingerprint density at radius 2 is 1.60 bits per heavy atom. The van der Waals surface area contributed by atoms with Crippen LogP contribution in [0.2, 0.25) is 0 Å². The summed E-state index contributed by atoms with van der Waals surface area (Å²) in [7, 11) is -0.194. The Labute approximate surface area is 35.5 Å². The molecule has 0 rings (SSSR count). The third kappa shape index (κ3) is 182. The van der Waals surface area contributed by atoms with E-state index in [2.05, 4.69) is 10.9 Å². The molecule has 0 amide bonds. The minimum absolute atomic E-state index is 0.806. The van der Waals surface area contributed by atoms with E-state index in [9.17, 15) is 0 Å². The van der Waals surface area contributed by atoms with Crippen LogP contribution >= 0.6 is 8.61 Å². The Kier molecular flexibility index (Phi) is 47.8. The van der Waals surface area contributed by atoms with Crippen molar-refractivity contribution in [3.8, 4) is 0 Å². The maximum absolute atomic E-state index is 8.79. The molecule has 1 atom stereocenters. The molecule has 0 bridgehead atoms. The van der Waals surface area contributed by atoms with Gasteiger partial charge in [0.2, 0.25) is 0 Å². The number of hydrogen-bond donors (Lipinski definition) is 2. The van der Waals surface area contributed by atoms with Gasteiger partial charge >= 0.3 is 0 Å². The molecule has 5 heavy (non-hydrogen) atoms. The van der Waals surface area contributed by atoms with Crippen LogP contribution in [0.1, 0.15) is 0 Å². The van der Waals surface area contributed by atoms with Gasteiger partial charge in [0.05, 0.1) is 10.4 Å². The van der Waals surface area contributed by atoms with Gasteiger partial charge in [0.25, 0.3) is 0 Å². The SMILES string of the molecule is N[PH2]=O.N[SiH3]. The number of nitrogens with two attached hydrogens (primary N) is 2. The van der Waals surface area contributed by atoms with Gasteiger partial charge in [0.1, 0.15) is 8.61 Å². The van der Waals surface area contributed by atoms with Gasteiger partial charge in [-0.2, -0.15) is 0 Å². The van der Waals surface area contributed by atoms with Crippen LogP contribution in [0.4, 0.5) is 0 Å². The summed E-state index contributed by atoms with van der Waals surface area (Å²) in [6.45, 7) is 0. The van der Waals surface area contributed by atoms with E-state index >= 15 is 0 Å². The van der Waals surface area contributed by atoms with Gasteiger partial charge in [-0.05, 0) is 0 Å². The Balaban J connectivity index is 0. The van der Waals surface area contributed by atoms with Crippen molar-refractivity contribution in [1.82, 2.24) is 0 Å². The first-order chi connectivity index (χ1) is 2.41. The molecular formula is H9N2OPSi. The molecule has 0 radical (unpaired) electrons. The maximum Gasteiger partial charge on any atom is 0.121 e. The Morgan fingerprint density at radius 3 is 1.60 bits per heavy atom. The molecule has 0 spiro atoms. The minimum Gasteiger partial charge on any atom is -0.358 e. The normalized spacial score (nSPS) is 7.60. The summed E-state index contributed by atoms with van der Waals surface area (Å²) >= 11 is 0. The zero-order valence-corrected chi connectivity index (χ0v) is 6.29. The van der Waals surface area contributed by atoms with E-state index in [-0.39, 0.29) is 0 Å². The molecule has 0 saturated heterocycles. The minimum atomic E-state index is -1.00. The molecule has 0 aromatic rings. The highest BCUT2D eigenvalue weighted by Crippen LogP contribution is 1.55. The van der Waals surface area contributed by atoms with Crippen molar-refractivity contribution in [3.05, 3.63) is 0 Å². The molecule has 0 aliphatic carbocycles. The van der Waals surface area contributed by atoms with Crippen molar-refractivity contribution >= 4 is 19.0 Å². The van der Waals surface area contributed by atoms with Gasteiger partial charge in [0.15, 0.2) is 0 Å². The molecule has 0 heterocycles. The third-order valence-corrected chi connectivity index (χ3v) is 0. The quantitative estimate of drug-likeness (QED) is 0.277. The fraction of sp³-hybridized carbons (Fsp3) is 0. The Hall–Kier alpha value is 0.367. The lowest BCUT2D eigenvalue weighted by molar-refractivity contribution is 0.599. The predicted octanol–water partition coefficient (Wildman–Crippen LogP) is -2.16. The zero-order chi connectivity index (χ0) is 4.71. The van der Waals surface area contributed by atoms with Gasteiger partial charge < -0.3 is 9.96 Å². The summed E-state index contributed by atoms with van der Waals surface area (Å²) in [5.74, 6) is 0. The molecule has 0 saturated carbocycles. The van der Waals surface area contributed by atoms with Crippen molar-refractivity contribution in [1.29, 1.82) is 0 Å². The molecule has 0 aromatic heterocycles. The lowest BCUT2D eigenvalue weighted by Crippen LogP contribution is -1.75. The first-order valence-corrected chi connectivity index (χ1v) is 3.44. The van der Waals surface area contributed by atoms with Crippen molar-refractivity contribution in [2.75, 3.05) is 0 Å². The lowest BCUT2D eigenvalue weighted by atomic mass is 13.9. The molecular weight excluding hydrogens is 103 g/mol. The lowest BCUT2D eigenvalue weighted by Gasteiger charge is -1.33. The molecule has 0 aromatic carbocycles.